The number of sulfonamides is 1. The summed E-state index contributed by atoms with van der Waals surface area (Å²) in [5.41, 5.74) is 9.80. The minimum absolute atomic E-state index is 0.0645. The summed E-state index contributed by atoms with van der Waals surface area (Å²) in [5.74, 6) is -0.129. The van der Waals surface area contributed by atoms with E-state index in [9.17, 15) is 8.42 Å². The number of nitrogens with one attached hydrogen (secondary N) is 2. The number of nitrogens with zero attached hydrogens (tertiary/aromatic N) is 3. The Morgan fingerprint density at radius 3 is 2.86 bits per heavy atom. The number of benzene rings is 2. The first-order chi connectivity index (χ1) is 13.5. The molecule has 0 spiro atoms. The van der Waals surface area contributed by atoms with Crippen LogP contribution in [-0.4, -0.2) is 37.1 Å². The number of anilines is 3. The van der Waals surface area contributed by atoms with Crippen LogP contribution in [0.15, 0.2) is 47.5 Å². The molecule has 0 fully saturated rings. The van der Waals surface area contributed by atoms with E-state index >= 15 is 0 Å². The molecule has 4 rings (SSSR count). The average Bonchev–Trinajstić information content (AvgIpc) is 3.30. The Hall–Kier alpha value is -2.82. The van der Waals surface area contributed by atoms with Crippen LogP contribution >= 0.6 is 11.3 Å². The summed E-state index contributed by atoms with van der Waals surface area (Å²) in [6.07, 6.45) is 1.86. The van der Waals surface area contributed by atoms with Crippen LogP contribution in [0.2, 0.25) is 0 Å². The topological polar surface area (TPSA) is 122 Å². The summed E-state index contributed by atoms with van der Waals surface area (Å²) >= 11 is 1.39. The van der Waals surface area contributed by atoms with Gasteiger partial charge in [0.05, 0.1) is 12.3 Å². The van der Waals surface area contributed by atoms with Crippen LogP contribution in [0.3, 0.4) is 0 Å². The molecule has 10 heteroatoms. The Labute approximate surface area is 166 Å². The van der Waals surface area contributed by atoms with Crippen molar-refractivity contribution in [1.82, 2.24) is 10.2 Å². The van der Waals surface area contributed by atoms with Gasteiger partial charge in [-0.15, -0.1) is 10.2 Å². The van der Waals surface area contributed by atoms with Crippen molar-refractivity contribution >= 4 is 44.1 Å². The number of aliphatic imine (C=N–C) groups is 1. The molecule has 0 saturated carbocycles. The standard InChI is InChI=1S/C18H18N6O2S2/c19-6-7-28(25,26)24-16-3-1-2-12(8-16)17-22-23-18(27-17)21-15-5-4-13-10-20-11-14(13)9-15/h1-5,8-9,11,24H,6-7,10,19H2,(H,21,23). The van der Waals surface area contributed by atoms with Crippen LogP contribution in [0.5, 0.6) is 0 Å². The van der Waals surface area contributed by atoms with E-state index in [1.165, 1.54) is 16.9 Å². The fourth-order valence-corrected chi connectivity index (χ4v) is 4.45. The highest BCUT2D eigenvalue weighted by Crippen LogP contribution is 2.30. The highest BCUT2D eigenvalue weighted by atomic mass is 32.2. The molecular weight excluding hydrogens is 396 g/mol. The van der Waals surface area contributed by atoms with Gasteiger partial charge < -0.3 is 11.1 Å². The summed E-state index contributed by atoms with van der Waals surface area (Å²) < 4.78 is 26.3. The normalized spacial score (nSPS) is 12.8. The predicted octanol–water partition coefficient (Wildman–Crippen LogP) is 2.58. The van der Waals surface area contributed by atoms with Crippen molar-refractivity contribution in [3.05, 3.63) is 53.6 Å². The largest absolute Gasteiger partial charge is 0.330 e. The van der Waals surface area contributed by atoms with Crippen LogP contribution in [0.25, 0.3) is 10.6 Å². The number of hydrogen-bond donors (Lipinski definition) is 3. The van der Waals surface area contributed by atoms with Gasteiger partial charge in [-0.25, -0.2) is 8.42 Å². The van der Waals surface area contributed by atoms with Crippen LogP contribution in [0, 0.1) is 0 Å². The molecule has 1 aliphatic rings. The first-order valence-corrected chi connectivity index (χ1v) is 11.0. The molecule has 0 bridgehead atoms. The van der Waals surface area contributed by atoms with Gasteiger partial charge >= 0.3 is 0 Å². The van der Waals surface area contributed by atoms with Crippen molar-refractivity contribution < 1.29 is 8.42 Å². The lowest BCUT2D eigenvalue weighted by Gasteiger charge is -2.07. The second-order valence-electron chi connectivity index (χ2n) is 6.21. The fraction of sp³-hybridized carbons (Fsp3) is 0.167. The van der Waals surface area contributed by atoms with E-state index in [2.05, 4.69) is 25.2 Å². The Morgan fingerprint density at radius 1 is 1.11 bits per heavy atom. The van der Waals surface area contributed by atoms with Crippen LogP contribution in [0.4, 0.5) is 16.5 Å². The Morgan fingerprint density at radius 2 is 2.00 bits per heavy atom. The van der Waals surface area contributed by atoms with Gasteiger partial charge in [-0.2, -0.15) is 0 Å². The number of aromatic nitrogens is 2. The lowest BCUT2D eigenvalue weighted by atomic mass is 10.1. The molecule has 4 N–H and O–H groups in total. The molecule has 28 heavy (non-hydrogen) atoms. The smallest absolute Gasteiger partial charge is 0.233 e. The summed E-state index contributed by atoms with van der Waals surface area (Å²) in [5, 5.41) is 13.0. The lowest BCUT2D eigenvalue weighted by molar-refractivity contribution is 0.601. The van der Waals surface area contributed by atoms with Crippen molar-refractivity contribution in [1.29, 1.82) is 0 Å². The van der Waals surface area contributed by atoms with Gasteiger partial charge in [-0.1, -0.05) is 29.5 Å². The molecule has 8 nitrogen and oxygen atoms in total. The van der Waals surface area contributed by atoms with Gasteiger partial charge in [0.2, 0.25) is 15.2 Å². The molecule has 0 unspecified atom stereocenters. The van der Waals surface area contributed by atoms with Crippen LogP contribution in [0.1, 0.15) is 11.1 Å². The van der Waals surface area contributed by atoms with Crippen molar-refractivity contribution in [2.45, 2.75) is 6.54 Å². The number of fused-ring (bicyclic) bond motifs is 1. The zero-order valence-corrected chi connectivity index (χ0v) is 16.4. The third kappa shape index (κ3) is 4.19. The minimum atomic E-state index is -3.45. The molecule has 0 amide bonds. The second kappa shape index (κ2) is 7.66. The summed E-state index contributed by atoms with van der Waals surface area (Å²) in [7, 11) is -3.45. The zero-order chi connectivity index (χ0) is 19.6. The van der Waals surface area contributed by atoms with Gasteiger partial charge in [0, 0.05) is 29.7 Å². The quantitative estimate of drug-likeness (QED) is 0.546. The van der Waals surface area contributed by atoms with E-state index < -0.39 is 10.0 Å². The molecule has 2 aromatic carbocycles. The molecule has 2 heterocycles. The number of nitrogens with two attached hydrogens (primary N) is 1. The molecule has 144 valence electrons. The van der Waals surface area contributed by atoms with Gasteiger partial charge in [0.25, 0.3) is 0 Å². The Balaban J connectivity index is 1.51. The maximum Gasteiger partial charge on any atom is 0.233 e. The maximum absolute atomic E-state index is 11.9. The monoisotopic (exact) mass is 414 g/mol. The lowest BCUT2D eigenvalue weighted by Crippen LogP contribution is -2.22. The highest BCUT2D eigenvalue weighted by Gasteiger charge is 2.12. The van der Waals surface area contributed by atoms with Crippen molar-refractivity contribution in [2.24, 2.45) is 10.7 Å². The average molecular weight is 415 g/mol. The number of hydrogen-bond acceptors (Lipinski definition) is 8. The Kier molecular flexibility index (Phi) is 5.07. The first kappa shape index (κ1) is 18.5. The van der Waals surface area contributed by atoms with Crippen LogP contribution < -0.4 is 15.8 Å². The number of rotatable bonds is 7. The molecule has 0 saturated heterocycles. The third-order valence-corrected chi connectivity index (χ3v) is 6.29. The van der Waals surface area contributed by atoms with Crippen molar-refractivity contribution in [3.8, 4) is 10.6 Å². The van der Waals surface area contributed by atoms with E-state index in [-0.39, 0.29) is 12.3 Å². The highest BCUT2D eigenvalue weighted by molar-refractivity contribution is 7.92. The zero-order valence-electron chi connectivity index (χ0n) is 14.8. The van der Waals surface area contributed by atoms with Crippen molar-refractivity contribution in [3.63, 3.8) is 0 Å². The maximum atomic E-state index is 11.9. The fourth-order valence-electron chi connectivity index (χ4n) is 2.79. The van der Waals surface area contributed by atoms with E-state index in [1.807, 2.05) is 30.5 Å². The summed E-state index contributed by atoms with van der Waals surface area (Å²) in [4.78, 5) is 4.25. The van der Waals surface area contributed by atoms with Gasteiger partial charge in [0.15, 0.2) is 0 Å². The SMILES string of the molecule is NCCS(=O)(=O)Nc1cccc(-c2nnc(Nc3ccc4c(c3)C=NC4)s2)c1. The molecule has 3 aromatic rings. The van der Waals surface area contributed by atoms with E-state index in [4.69, 9.17) is 5.73 Å². The molecule has 1 aromatic heterocycles. The molecular formula is C18H18N6O2S2. The van der Waals surface area contributed by atoms with E-state index in [0.717, 1.165) is 23.4 Å². The van der Waals surface area contributed by atoms with Gasteiger partial charge in [-0.3, -0.25) is 9.71 Å². The van der Waals surface area contributed by atoms with E-state index in [0.29, 0.717) is 15.8 Å². The Bertz CT molecular complexity index is 1140. The molecule has 0 atom stereocenters. The molecule has 1 aliphatic heterocycles. The van der Waals surface area contributed by atoms with Crippen LogP contribution in [-0.2, 0) is 16.6 Å². The van der Waals surface area contributed by atoms with Gasteiger partial charge in [0.1, 0.15) is 5.01 Å². The summed E-state index contributed by atoms with van der Waals surface area (Å²) in [6.45, 7) is 0.791. The molecule has 0 aliphatic carbocycles. The summed E-state index contributed by atoms with van der Waals surface area (Å²) in [6, 6.07) is 13.1. The predicted molar refractivity (Wildman–Crippen MR) is 113 cm³/mol. The molecule has 0 radical (unpaired) electrons. The van der Waals surface area contributed by atoms with E-state index in [1.54, 1.807) is 18.2 Å². The van der Waals surface area contributed by atoms with Crippen molar-refractivity contribution in [2.75, 3.05) is 22.3 Å². The first-order valence-electron chi connectivity index (χ1n) is 8.57. The second-order valence-corrected chi connectivity index (χ2v) is 9.03. The van der Waals surface area contributed by atoms with Gasteiger partial charge in [-0.05, 0) is 35.4 Å². The third-order valence-electron chi connectivity index (χ3n) is 4.08. The minimum Gasteiger partial charge on any atom is -0.330 e.